The molecule has 0 N–H and O–H groups in total. The second-order valence-corrected chi connectivity index (χ2v) is 3.93. The summed E-state index contributed by atoms with van der Waals surface area (Å²) in [6.45, 7) is 4.39. The van der Waals surface area contributed by atoms with Crippen LogP contribution in [0.4, 0.5) is 0 Å². The minimum atomic E-state index is 0.583. The van der Waals surface area contributed by atoms with Gasteiger partial charge in [-0.25, -0.2) is 0 Å². The minimum Gasteiger partial charge on any atom is -0.303 e. The Morgan fingerprint density at radius 1 is 1.54 bits per heavy atom. The van der Waals surface area contributed by atoms with E-state index in [4.69, 9.17) is 0 Å². The Bertz CT molecular complexity index is 236. The monoisotopic (exact) mass is 178 g/mol. The predicted molar refractivity (Wildman–Crippen MR) is 55.5 cm³/mol. The molecule has 1 aliphatic rings. The molecule has 1 nitrogen and oxygen atoms in total. The highest BCUT2D eigenvalue weighted by molar-refractivity contribution is 5.49. The van der Waals surface area contributed by atoms with Gasteiger partial charge in [-0.1, -0.05) is 30.2 Å². The van der Waals surface area contributed by atoms with Crippen molar-refractivity contribution in [3.63, 3.8) is 0 Å². The molecule has 1 aliphatic carbocycles. The molecular formula is C12H18O. The van der Waals surface area contributed by atoms with Crippen LogP contribution in [0.3, 0.4) is 0 Å². The van der Waals surface area contributed by atoms with Crippen LogP contribution in [0.2, 0.25) is 0 Å². The quantitative estimate of drug-likeness (QED) is 0.367. The van der Waals surface area contributed by atoms with Crippen molar-refractivity contribution in [3.05, 3.63) is 23.3 Å². The van der Waals surface area contributed by atoms with Crippen molar-refractivity contribution in [2.75, 3.05) is 0 Å². The van der Waals surface area contributed by atoms with E-state index >= 15 is 0 Å². The molecule has 1 heteroatoms. The molecule has 0 aliphatic heterocycles. The van der Waals surface area contributed by atoms with E-state index < -0.39 is 0 Å². The fourth-order valence-corrected chi connectivity index (χ4v) is 1.93. The Morgan fingerprint density at radius 3 is 2.92 bits per heavy atom. The van der Waals surface area contributed by atoms with Crippen LogP contribution < -0.4 is 0 Å². The van der Waals surface area contributed by atoms with E-state index in [9.17, 15) is 4.79 Å². The fourth-order valence-electron chi connectivity index (χ4n) is 1.93. The highest BCUT2D eigenvalue weighted by Crippen LogP contribution is 2.25. The molecule has 0 radical (unpaired) electrons. The SMILES string of the molecule is CC1=CC(C)C=C(CCCC=O)C1. The molecule has 72 valence electrons. The highest BCUT2D eigenvalue weighted by atomic mass is 16.1. The van der Waals surface area contributed by atoms with Crippen LogP contribution >= 0.6 is 0 Å². The zero-order valence-electron chi connectivity index (χ0n) is 8.55. The van der Waals surface area contributed by atoms with Gasteiger partial charge in [0.05, 0.1) is 0 Å². The van der Waals surface area contributed by atoms with Crippen LogP contribution in [0.1, 0.15) is 39.5 Å². The summed E-state index contributed by atoms with van der Waals surface area (Å²) in [4.78, 5) is 10.1. The third-order valence-electron chi connectivity index (χ3n) is 2.37. The summed E-state index contributed by atoms with van der Waals surface area (Å²) in [7, 11) is 0. The van der Waals surface area contributed by atoms with Crippen LogP contribution in [0.15, 0.2) is 23.3 Å². The summed E-state index contributed by atoms with van der Waals surface area (Å²) in [6, 6.07) is 0. The summed E-state index contributed by atoms with van der Waals surface area (Å²) < 4.78 is 0. The molecule has 0 saturated heterocycles. The van der Waals surface area contributed by atoms with E-state index in [1.807, 2.05) is 0 Å². The first-order chi connectivity index (χ1) is 6.22. The van der Waals surface area contributed by atoms with E-state index in [1.54, 1.807) is 0 Å². The molecule has 13 heavy (non-hydrogen) atoms. The number of unbranched alkanes of at least 4 members (excludes halogenated alkanes) is 1. The second kappa shape index (κ2) is 5.00. The molecule has 0 heterocycles. The first-order valence-corrected chi connectivity index (χ1v) is 5.03. The number of rotatable bonds is 4. The number of carbonyl (C=O) groups is 1. The van der Waals surface area contributed by atoms with Gasteiger partial charge in [0.25, 0.3) is 0 Å². The summed E-state index contributed by atoms with van der Waals surface area (Å²) in [5, 5.41) is 0. The van der Waals surface area contributed by atoms with Crippen LogP contribution in [0, 0.1) is 5.92 Å². The molecule has 0 saturated carbocycles. The van der Waals surface area contributed by atoms with E-state index in [2.05, 4.69) is 26.0 Å². The maximum absolute atomic E-state index is 10.1. The molecule has 0 bridgehead atoms. The maximum atomic E-state index is 10.1. The maximum Gasteiger partial charge on any atom is 0.120 e. The van der Waals surface area contributed by atoms with Crippen molar-refractivity contribution in [1.29, 1.82) is 0 Å². The molecule has 1 rings (SSSR count). The van der Waals surface area contributed by atoms with Gasteiger partial charge in [-0.2, -0.15) is 0 Å². The van der Waals surface area contributed by atoms with Crippen LogP contribution in [-0.4, -0.2) is 6.29 Å². The Kier molecular flexibility index (Phi) is 3.94. The van der Waals surface area contributed by atoms with Crippen molar-refractivity contribution in [1.82, 2.24) is 0 Å². The zero-order chi connectivity index (χ0) is 9.68. The topological polar surface area (TPSA) is 17.1 Å². The lowest BCUT2D eigenvalue weighted by molar-refractivity contribution is -0.107. The summed E-state index contributed by atoms with van der Waals surface area (Å²) in [5.74, 6) is 0.583. The Balaban J connectivity index is 2.38. The number of hydrogen-bond donors (Lipinski definition) is 0. The lowest BCUT2D eigenvalue weighted by Crippen LogP contribution is -1.98. The highest BCUT2D eigenvalue weighted by Gasteiger charge is 2.07. The number of aldehydes is 1. The Morgan fingerprint density at radius 2 is 2.31 bits per heavy atom. The molecule has 0 aromatic carbocycles. The van der Waals surface area contributed by atoms with E-state index in [0.29, 0.717) is 12.3 Å². The van der Waals surface area contributed by atoms with Gasteiger partial charge in [-0.15, -0.1) is 0 Å². The van der Waals surface area contributed by atoms with E-state index in [-0.39, 0.29) is 0 Å². The van der Waals surface area contributed by atoms with E-state index in [0.717, 1.165) is 25.5 Å². The fraction of sp³-hybridized carbons (Fsp3) is 0.583. The van der Waals surface area contributed by atoms with Gasteiger partial charge in [0.1, 0.15) is 6.29 Å². The molecule has 0 amide bonds. The first kappa shape index (κ1) is 10.2. The molecule has 0 aromatic heterocycles. The molecule has 1 atom stereocenters. The normalized spacial score (nSPS) is 22.2. The summed E-state index contributed by atoms with van der Waals surface area (Å²) in [6.07, 6.45) is 9.57. The van der Waals surface area contributed by atoms with Gasteiger partial charge in [0.15, 0.2) is 0 Å². The van der Waals surface area contributed by atoms with Crippen LogP contribution in [0.25, 0.3) is 0 Å². The lowest BCUT2D eigenvalue weighted by Gasteiger charge is -2.16. The van der Waals surface area contributed by atoms with Gasteiger partial charge in [0.2, 0.25) is 0 Å². The molecule has 0 spiro atoms. The molecular weight excluding hydrogens is 160 g/mol. The average molecular weight is 178 g/mol. The lowest BCUT2D eigenvalue weighted by atomic mass is 9.90. The molecule has 0 fully saturated rings. The Hall–Kier alpha value is -0.850. The number of hydrogen-bond acceptors (Lipinski definition) is 1. The van der Waals surface area contributed by atoms with Gasteiger partial charge in [-0.3, -0.25) is 0 Å². The second-order valence-electron chi connectivity index (χ2n) is 3.93. The van der Waals surface area contributed by atoms with Crippen molar-refractivity contribution in [3.8, 4) is 0 Å². The standard InChI is InChI=1S/C12H18O/c1-10-7-11(2)9-12(8-10)5-3-4-6-13/h6-8,10H,3-5,9H2,1-2H3. The van der Waals surface area contributed by atoms with Gasteiger partial charge >= 0.3 is 0 Å². The molecule has 1 unspecified atom stereocenters. The van der Waals surface area contributed by atoms with Crippen molar-refractivity contribution in [2.24, 2.45) is 5.92 Å². The summed E-state index contributed by atoms with van der Waals surface area (Å²) >= 11 is 0. The Labute approximate surface area is 80.5 Å². The van der Waals surface area contributed by atoms with Crippen LogP contribution in [0.5, 0.6) is 0 Å². The largest absolute Gasteiger partial charge is 0.303 e. The van der Waals surface area contributed by atoms with Crippen molar-refractivity contribution >= 4 is 6.29 Å². The van der Waals surface area contributed by atoms with Gasteiger partial charge < -0.3 is 4.79 Å². The first-order valence-electron chi connectivity index (χ1n) is 5.03. The van der Waals surface area contributed by atoms with E-state index in [1.165, 1.54) is 11.1 Å². The van der Waals surface area contributed by atoms with Gasteiger partial charge in [0, 0.05) is 6.42 Å². The minimum absolute atomic E-state index is 0.583. The zero-order valence-corrected chi connectivity index (χ0v) is 8.55. The third kappa shape index (κ3) is 3.58. The summed E-state index contributed by atoms with van der Waals surface area (Å²) in [5.41, 5.74) is 2.98. The number of allylic oxidation sites excluding steroid dienone is 4. The molecule has 0 aromatic rings. The van der Waals surface area contributed by atoms with Crippen molar-refractivity contribution < 1.29 is 4.79 Å². The van der Waals surface area contributed by atoms with Crippen LogP contribution in [-0.2, 0) is 4.79 Å². The van der Waals surface area contributed by atoms with Crippen molar-refractivity contribution in [2.45, 2.75) is 39.5 Å². The number of carbonyl (C=O) groups excluding carboxylic acids is 1. The smallest absolute Gasteiger partial charge is 0.120 e. The van der Waals surface area contributed by atoms with Gasteiger partial charge in [-0.05, 0) is 32.1 Å². The predicted octanol–water partition coefficient (Wildman–Crippen LogP) is 3.27. The third-order valence-corrected chi connectivity index (χ3v) is 2.37. The average Bonchev–Trinajstić information content (AvgIpc) is 2.03.